The molecule has 0 bridgehead atoms. The molecule has 0 spiro atoms. The van der Waals surface area contributed by atoms with Gasteiger partial charge in [0.15, 0.2) is 11.5 Å². The van der Waals surface area contributed by atoms with E-state index in [-0.39, 0.29) is 43.1 Å². The van der Waals surface area contributed by atoms with Gasteiger partial charge in [-0.2, -0.15) is 0 Å². The van der Waals surface area contributed by atoms with E-state index in [1.54, 1.807) is 18.2 Å². The van der Waals surface area contributed by atoms with Crippen molar-refractivity contribution in [3.8, 4) is 11.5 Å². The highest BCUT2D eigenvalue weighted by Gasteiger charge is 2.34. The van der Waals surface area contributed by atoms with E-state index >= 15 is 0 Å². The molecule has 10 heteroatoms. The minimum atomic E-state index is -3.87. The third-order valence-corrected chi connectivity index (χ3v) is 8.83. The van der Waals surface area contributed by atoms with Crippen molar-refractivity contribution in [2.45, 2.75) is 52.2 Å². The number of amides is 2. The molecule has 0 aliphatic carbocycles. The van der Waals surface area contributed by atoms with E-state index in [2.05, 4.69) is 5.32 Å². The van der Waals surface area contributed by atoms with Crippen LogP contribution in [0.25, 0.3) is 0 Å². The van der Waals surface area contributed by atoms with Gasteiger partial charge in [0.2, 0.25) is 28.6 Å². The Balaban J connectivity index is 1.73. The van der Waals surface area contributed by atoms with Crippen LogP contribution in [-0.4, -0.2) is 56.3 Å². The van der Waals surface area contributed by atoms with Gasteiger partial charge in [-0.1, -0.05) is 67.6 Å². The summed E-state index contributed by atoms with van der Waals surface area (Å²) in [6.45, 7) is 5.10. The fourth-order valence-corrected chi connectivity index (χ4v) is 5.59. The number of nitrogens with zero attached hydrogens (tertiary/aromatic N) is 2. The lowest BCUT2D eigenvalue weighted by Crippen LogP contribution is -2.54. The second kappa shape index (κ2) is 13.5. The first kappa shape index (κ1) is 29.9. The van der Waals surface area contributed by atoms with Gasteiger partial charge in [0.05, 0.1) is 11.4 Å². The van der Waals surface area contributed by atoms with E-state index in [0.29, 0.717) is 11.5 Å². The largest absolute Gasteiger partial charge is 0.454 e. The van der Waals surface area contributed by atoms with Gasteiger partial charge in [-0.25, -0.2) is 8.42 Å². The van der Waals surface area contributed by atoms with Crippen molar-refractivity contribution < 1.29 is 27.5 Å². The second-order valence-corrected chi connectivity index (χ2v) is 12.2. The van der Waals surface area contributed by atoms with Crippen LogP contribution in [0.1, 0.15) is 38.3 Å². The molecule has 1 N–H and O–H groups in total. The van der Waals surface area contributed by atoms with Gasteiger partial charge in [0.1, 0.15) is 12.6 Å². The van der Waals surface area contributed by atoms with E-state index in [1.807, 2.05) is 74.5 Å². The van der Waals surface area contributed by atoms with Gasteiger partial charge in [-0.05, 0) is 43.5 Å². The van der Waals surface area contributed by atoms with Gasteiger partial charge in [0, 0.05) is 25.1 Å². The molecule has 41 heavy (non-hydrogen) atoms. The molecule has 4 rings (SSSR count). The second-order valence-electron chi connectivity index (χ2n) is 9.98. The van der Waals surface area contributed by atoms with Gasteiger partial charge in [0.25, 0.3) is 0 Å². The third kappa shape index (κ3) is 7.58. The number of ether oxygens (including phenoxy) is 2. The molecule has 0 fully saturated rings. The summed E-state index contributed by atoms with van der Waals surface area (Å²) in [4.78, 5) is 29.4. The first-order chi connectivity index (χ1) is 19.7. The standard InChI is InChI=1S/C31H37N3O6S/c1-4-23(3)32-31(36)27(18-24-12-8-6-9-13-24)33(20-25-14-10-7-11-15-25)30(35)21-34(41(37,38)5-2)26-16-17-28-29(19-26)40-22-39-28/h6-17,19,23,27H,4-5,18,20-22H2,1-3H3,(H,32,36)/t23-,27-/m1/s1. The Bertz CT molecular complexity index is 1430. The molecule has 218 valence electrons. The van der Waals surface area contributed by atoms with Crippen LogP contribution in [0.3, 0.4) is 0 Å². The van der Waals surface area contributed by atoms with E-state index in [9.17, 15) is 18.0 Å². The molecule has 0 radical (unpaired) electrons. The number of nitrogens with one attached hydrogen (secondary N) is 1. The Hall–Kier alpha value is -4.05. The Morgan fingerprint density at radius 1 is 0.902 bits per heavy atom. The minimum Gasteiger partial charge on any atom is -0.454 e. The monoisotopic (exact) mass is 579 g/mol. The predicted octanol–water partition coefficient (Wildman–Crippen LogP) is 4.13. The summed E-state index contributed by atoms with van der Waals surface area (Å²) in [5.41, 5.74) is 1.99. The van der Waals surface area contributed by atoms with Crippen molar-refractivity contribution in [1.29, 1.82) is 0 Å². The average molecular weight is 580 g/mol. The van der Waals surface area contributed by atoms with Crippen molar-refractivity contribution >= 4 is 27.5 Å². The first-order valence-corrected chi connectivity index (χ1v) is 15.4. The fourth-order valence-electron chi connectivity index (χ4n) is 4.54. The Labute approximate surface area is 242 Å². The molecule has 0 aromatic heterocycles. The lowest BCUT2D eigenvalue weighted by molar-refractivity contribution is -0.140. The maximum absolute atomic E-state index is 14.2. The molecule has 9 nitrogen and oxygen atoms in total. The molecule has 3 aromatic carbocycles. The highest BCUT2D eigenvalue weighted by molar-refractivity contribution is 7.92. The number of rotatable bonds is 13. The van der Waals surface area contributed by atoms with Gasteiger partial charge >= 0.3 is 0 Å². The summed E-state index contributed by atoms with van der Waals surface area (Å²) in [5.74, 6) is -0.0918. The molecule has 1 heterocycles. The van der Waals surface area contributed by atoms with Crippen LogP contribution in [0.5, 0.6) is 11.5 Å². The molecular formula is C31H37N3O6S. The van der Waals surface area contributed by atoms with Crippen molar-refractivity contribution in [3.05, 3.63) is 90.0 Å². The zero-order valence-electron chi connectivity index (χ0n) is 23.7. The van der Waals surface area contributed by atoms with Crippen LogP contribution in [0.15, 0.2) is 78.9 Å². The van der Waals surface area contributed by atoms with Crippen LogP contribution < -0.4 is 19.1 Å². The summed E-state index contributed by atoms with van der Waals surface area (Å²) in [6.07, 6.45) is 0.995. The number of anilines is 1. The molecule has 0 unspecified atom stereocenters. The van der Waals surface area contributed by atoms with Crippen LogP contribution in [0.4, 0.5) is 5.69 Å². The van der Waals surface area contributed by atoms with Crippen LogP contribution in [-0.2, 0) is 32.6 Å². The van der Waals surface area contributed by atoms with Crippen molar-refractivity contribution in [3.63, 3.8) is 0 Å². The van der Waals surface area contributed by atoms with Gasteiger partial charge in [-0.3, -0.25) is 13.9 Å². The van der Waals surface area contributed by atoms with E-state index < -0.39 is 28.5 Å². The average Bonchev–Trinajstić information content (AvgIpc) is 3.46. The van der Waals surface area contributed by atoms with Gasteiger partial charge in [-0.15, -0.1) is 0 Å². The smallest absolute Gasteiger partial charge is 0.244 e. The lowest BCUT2D eigenvalue weighted by Gasteiger charge is -2.34. The topological polar surface area (TPSA) is 105 Å². The van der Waals surface area contributed by atoms with E-state index in [4.69, 9.17) is 9.47 Å². The molecule has 0 saturated heterocycles. The normalized spacial score (nSPS) is 13.7. The Morgan fingerprint density at radius 2 is 1.54 bits per heavy atom. The number of hydrogen-bond acceptors (Lipinski definition) is 6. The maximum atomic E-state index is 14.2. The van der Waals surface area contributed by atoms with Crippen LogP contribution in [0, 0.1) is 0 Å². The Kier molecular flexibility index (Phi) is 9.88. The first-order valence-electron chi connectivity index (χ1n) is 13.8. The summed E-state index contributed by atoms with van der Waals surface area (Å²) < 4.78 is 38.5. The van der Waals surface area contributed by atoms with E-state index in [1.165, 1.54) is 11.8 Å². The molecule has 1 aliphatic rings. The minimum absolute atomic E-state index is 0.0373. The van der Waals surface area contributed by atoms with E-state index in [0.717, 1.165) is 21.9 Å². The quantitative estimate of drug-likeness (QED) is 0.327. The molecular weight excluding hydrogens is 542 g/mol. The molecule has 2 amide bonds. The molecule has 3 aromatic rings. The number of hydrogen-bond donors (Lipinski definition) is 1. The van der Waals surface area contributed by atoms with Crippen LogP contribution >= 0.6 is 0 Å². The maximum Gasteiger partial charge on any atom is 0.244 e. The van der Waals surface area contributed by atoms with Gasteiger partial charge < -0.3 is 19.7 Å². The zero-order valence-corrected chi connectivity index (χ0v) is 24.5. The number of carbonyl (C=O) groups is 2. The van der Waals surface area contributed by atoms with Crippen molar-refractivity contribution in [2.24, 2.45) is 0 Å². The summed E-state index contributed by atoms with van der Waals surface area (Å²) in [5, 5.41) is 3.03. The number of sulfonamides is 1. The molecule has 0 saturated carbocycles. The summed E-state index contributed by atoms with van der Waals surface area (Å²) in [6, 6.07) is 22.7. The molecule has 2 atom stereocenters. The number of benzene rings is 3. The number of fused-ring (bicyclic) bond motifs is 1. The summed E-state index contributed by atoms with van der Waals surface area (Å²) >= 11 is 0. The molecule has 1 aliphatic heterocycles. The number of carbonyl (C=O) groups excluding carboxylic acids is 2. The third-order valence-electron chi connectivity index (χ3n) is 7.09. The summed E-state index contributed by atoms with van der Waals surface area (Å²) in [7, 11) is -3.87. The Morgan fingerprint density at radius 3 is 2.17 bits per heavy atom. The fraction of sp³-hybridized carbons (Fsp3) is 0.355. The SMILES string of the molecule is CC[C@@H](C)NC(=O)[C@@H](Cc1ccccc1)N(Cc1ccccc1)C(=O)CN(c1ccc2c(c1)OCO2)S(=O)(=O)CC. The van der Waals surface area contributed by atoms with Crippen molar-refractivity contribution in [1.82, 2.24) is 10.2 Å². The highest BCUT2D eigenvalue weighted by Crippen LogP contribution is 2.36. The highest BCUT2D eigenvalue weighted by atomic mass is 32.2. The predicted molar refractivity (Wildman–Crippen MR) is 158 cm³/mol. The lowest BCUT2D eigenvalue weighted by atomic mass is 10.0. The zero-order chi connectivity index (χ0) is 29.4. The van der Waals surface area contributed by atoms with Crippen molar-refractivity contribution in [2.75, 3.05) is 23.4 Å². The van der Waals surface area contributed by atoms with Crippen LogP contribution in [0.2, 0.25) is 0 Å².